The molecule has 1 aliphatic carbocycles. The summed E-state index contributed by atoms with van der Waals surface area (Å²) in [6.45, 7) is 2.00. The number of anilines is 2. The third-order valence-electron chi connectivity index (χ3n) is 6.95. The number of hydrogen-bond donors (Lipinski definition) is 3. The summed E-state index contributed by atoms with van der Waals surface area (Å²) in [6.07, 6.45) is 5.94. The van der Waals surface area contributed by atoms with Crippen LogP contribution < -0.4 is 16.6 Å². The fourth-order valence-corrected chi connectivity index (χ4v) is 6.15. The Labute approximate surface area is 249 Å². The minimum Gasteiger partial charge on any atom is -0.448 e. The third kappa shape index (κ3) is 6.05. The summed E-state index contributed by atoms with van der Waals surface area (Å²) < 4.78 is 6.14. The van der Waals surface area contributed by atoms with Crippen LogP contribution in [0.5, 0.6) is 0 Å². The van der Waals surface area contributed by atoms with Crippen LogP contribution in [-0.2, 0) is 11.2 Å². The van der Waals surface area contributed by atoms with E-state index in [0.29, 0.717) is 0 Å². The van der Waals surface area contributed by atoms with Crippen LogP contribution >= 0.6 is 23.7 Å². The molecule has 9 heteroatoms. The lowest BCUT2D eigenvalue weighted by Crippen LogP contribution is -2.48. The Bertz CT molecular complexity index is 1690. The first-order chi connectivity index (χ1) is 19.6. The quantitative estimate of drug-likeness (QED) is 0.0987. The second-order valence-electron chi connectivity index (χ2n) is 9.55. The highest BCUT2D eigenvalue weighted by molar-refractivity contribution is 7.19. The van der Waals surface area contributed by atoms with E-state index in [1.165, 1.54) is 21.6 Å². The standard InChI is InChI=1S/C32H29N5O2S.ClH/c1-2-39-32(38)37(33)36-29-16-23-10-6-7-11-26(23)27(29)17-25-18-28-30(19-34-20-31(28)40-25)35-24-14-12-22(13-15-24)21-8-4-3-5-9-21;/h3-16,18-20,27,35-36H,2,17,33H2,1H3;1H. The highest BCUT2D eigenvalue weighted by atomic mass is 35.5. The van der Waals surface area contributed by atoms with Crippen molar-refractivity contribution in [3.8, 4) is 11.1 Å². The number of hydrazine groups is 2. The van der Waals surface area contributed by atoms with Gasteiger partial charge in [-0.1, -0.05) is 66.7 Å². The first-order valence-electron chi connectivity index (χ1n) is 13.2. The van der Waals surface area contributed by atoms with Crippen LogP contribution in [-0.4, -0.2) is 22.8 Å². The Balaban J connectivity index is 0.00000337. The van der Waals surface area contributed by atoms with E-state index in [9.17, 15) is 4.79 Å². The van der Waals surface area contributed by atoms with Crippen LogP contribution in [0.25, 0.3) is 27.3 Å². The molecule has 0 saturated carbocycles. The van der Waals surface area contributed by atoms with Crippen molar-refractivity contribution >= 4 is 57.4 Å². The third-order valence-corrected chi connectivity index (χ3v) is 8.04. The first kappa shape index (κ1) is 28.2. The number of allylic oxidation sites excluding steroid dienone is 1. The molecule has 1 aliphatic rings. The van der Waals surface area contributed by atoms with E-state index in [4.69, 9.17) is 10.6 Å². The van der Waals surface area contributed by atoms with Gasteiger partial charge in [-0.3, -0.25) is 10.4 Å². The zero-order valence-electron chi connectivity index (χ0n) is 22.4. The number of carbonyl (C=O) groups is 1. The molecule has 3 aromatic carbocycles. The summed E-state index contributed by atoms with van der Waals surface area (Å²) in [5.74, 6) is 5.98. The largest absolute Gasteiger partial charge is 0.448 e. The van der Waals surface area contributed by atoms with Crippen molar-refractivity contribution in [1.82, 2.24) is 15.5 Å². The van der Waals surface area contributed by atoms with Gasteiger partial charge in [-0.2, -0.15) is 5.12 Å². The topological polar surface area (TPSA) is 92.5 Å². The number of nitrogens with zero attached hydrogens (tertiary/aromatic N) is 2. The van der Waals surface area contributed by atoms with E-state index in [1.54, 1.807) is 18.3 Å². The Morgan fingerprint density at radius 2 is 1.73 bits per heavy atom. The van der Waals surface area contributed by atoms with Gasteiger partial charge in [0.25, 0.3) is 0 Å². The van der Waals surface area contributed by atoms with E-state index in [-0.39, 0.29) is 24.9 Å². The number of amides is 1. The number of benzene rings is 3. The lowest BCUT2D eigenvalue weighted by Gasteiger charge is -2.23. The van der Waals surface area contributed by atoms with Crippen molar-refractivity contribution < 1.29 is 9.53 Å². The maximum Gasteiger partial charge on any atom is 0.443 e. The molecule has 208 valence electrons. The molecule has 0 spiro atoms. The molecule has 1 atom stereocenters. The Hall–Kier alpha value is -4.37. The molecule has 2 aromatic heterocycles. The number of fused-ring (bicyclic) bond motifs is 2. The van der Waals surface area contributed by atoms with Gasteiger partial charge in [0.1, 0.15) is 0 Å². The summed E-state index contributed by atoms with van der Waals surface area (Å²) in [6, 6.07) is 29.2. The first-order valence-corrected chi connectivity index (χ1v) is 14.0. The SMILES string of the molecule is CCOC(=O)N(N)NC1=Cc2ccccc2C1Cc1cc2c(Nc3ccc(-c4ccccc4)cc3)cncc2s1.Cl. The molecule has 1 unspecified atom stereocenters. The van der Waals surface area contributed by atoms with Crippen molar-refractivity contribution in [1.29, 1.82) is 0 Å². The Morgan fingerprint density at radius 3 is 2.51 bits per heavy atom. The predicted octanol–water partition coefficient (Wildman–Crippen LogP) is 7.65. The zero-order chi connectivity index (χ0) is 27.5. The van der Waals surface area contributed by atoms with Crippen LogP contribution in [0, 0.1) is 0 Å². The fraction of sp³-hybridized carbons (Fsp3) is 0.125. The Kier molecular flexibility index (Phi) is 8.54. The molecule has 5 aromatic rings. The van der Waals surface area contributed by atoms with Gasteiger partial charge in [-0.25, -0.2) is 10.6 Å². The molecular formula is C32H30ClN5O2S. The minimum atomic E-state index is -0.626. The van der Waals surface area contributed by atoms with Crippen molar-refractivity contribution in [3.63, 3.8) is 0 Å². The normalized spacial score (nSPS) is 13.6. The van der Waals surface area contributed by atoms with Crippen LogP contribution in [0.3, 0.4) is 0 Å². The van der Waals surface area contributed by atoms with Crippen LogP contribution in [0.1, 0.15) is 28.8 Å². The van der Waals surface area contributed by atoms with Gasteiger partial charge in [0, 0.05) is 33.8 Å². The fourth-order valence-electron chi connectivity index (χ4n) is 5.05. The number of nitrogens with one attached hydrogen (secondary N) is 2. The second-order valence-corrected chi connectivity index (χ2v) is 10.7. The number of aromatic nitrogens is 1. The number of thiophene rings is 1. The lowest BCUT2D eigenvalue weighted by atomic mass is 9.95. The summed E-state index contributed by atoms with van der Waals surface area (Å²) >= 11 is 1.72. The number of rotatable bonds is 8. The zero-order valence-corrected chi connectivity index (χ0v) is 24.0. The van der Waals surface area contributed by atoms with E-state index < -0.39 is 6.09 Å². The summed E-state index contributed by atoms with van der Waals surface area (Å²) in [4.78, 5) is 17.8. The maximum absolute atomic E-state index is 12.1. The number of nitrogens with two attached hydrogens (primary N) is 1. The van der Waals surface area contributed by atoms with Crippen LogP contribution in [0.4, 0.5) is 16.2 Å². The average molecular weight is 584 g/mol. The van der Waals surface area contributed by atoms with Gasteiger partial charge < -0.3 is 10.1 Å². The van der Waals surface area contributed by atoms with E-state index in [2.05, 4.69) is 70.3 Å². The minimum absolute atomic E-state index is 0. The molecule has 0 aliphatic heterocycles. The molecule has 6 rings (SSSR count). The number of ether oxygens (including phenoxy) is 1. The van der Waals surface area contributed by atoms with Crippen molar-refractivity contribution in [2.75, 3.05) is 11.9 Å². The highest BCUT2D eigenvalue weighted by Crippen LogP contribution is 2.40. The van der Waals surface area contributed by atoms with Gasteiger partial charge in [-0.15, -0.1) is 23.7 Å². The smallest absolute Gasteiger partial charge is 0.443 e. The number of halogens is 1. The van der Waals surface area contributed by atoms with Gasteiger partial charge in [0.05, 0.1) is 23.2 Å². The van der Waals surface area contributed by atoms with Crippen molar-refractivity contribution in [2.24, 2.45) is 5.84 Å². The van der Waals surface area contributed by atoms with Gasteiger partial charge in [0.2, 0.25) is 0 Å². The molecule has 2 heterocycles. The van der Waals surface area contributed by atoms with Crippen molar-refractivity contribution in [3.05, 3.63) is 119 Å². The number of hydrogen-bond acceptors (Lipinski definition) is 7. The van der Waals surface area contributed by atoms with Gasteiger partial charge in [0.15, 0.2) is 0 Å². The van der Waals surface area contributed by atoms with E-state index in [0.717, 1.165) is 44.3 Å². The number of carbonyl (C=O) groups excluding carboxylic acids is 1. The monoisotopic (exact) mass is 583 g/mol. The number of pyridine rings is 1. The van der Waals surface area contributed by atoms with E-state index >= 15 is 0 Å². The maximum atomic E-state index is 12.1. The van der Waals surface area contributed by atoms with E-state index in [1.807, 2.05) is 48.8 Å². The molecule has 4 N–H and O–H groups in total. The van der Waals surface area contributed by atoms with Gasteiger partial charge >= 0.3 is 6.09 Å². The molecule has 7 nitrogen and oxygen atoms in total. The van der Waals surface area contributed by atoms with Crippen LogP contribution in [0.15, 0.2) is 103 Å². The summed E-state index contributed by atoms with van der Waals surface area (Å²) in [7, 11) is 0. The molecule has 0 radical (unpaired) electrons. The lowest BCUT2D eigenvalue weighted by molar-refractivity contribution is 0.0917. The second kappa shape index (κ2) is 12.4. The van der Waals surface area contributed by atoms with Crippen LogP contribution in [0.2, 0.25) is 0 Å². The summed E-state index contributed by atoms with van der Waals surface area (Å²) in [5, 5.41) is 5.59. The Morgan fingerprint density at radius 1 is 1.00 bits per heavy atom. The molecule has 1 amide bonds. The molecular weight excluding hydrogens is 554 g/mol. The average Bonchev–Trinajstić information content (AvgIpc) is 3.55. The molecule has 41 heavy (non-hydrogen) atoms. The molecule has 0 bridgehead atoms. The highest BCUT2D eigenvalue weighted by Gasteiger charge is 2.28. The molecule has 0 saturated heterocycles. The predicted molar refractivity (Wildman–Crippen MR) is 169 cm³/mol. The summed E-state index contributed by atoms with van der Waals surface area (Å²) in [5.41, 5.74) is 10.5. The van der Waals surface area contributed by atoms with Crippen molar-refractivity contribution in [2.45, 2.75) is 19.3 Å². The molecule has 0 fully saturated rings. The van der Waals surface area contributed by atoms with Gasteiger partial charge in [-0.05, 0) is 59.9 Å².